The smallest absolute Gasteiger partial charge is 0.276 e. The first-order chi connectivity index (χ1) is 10.8. The second kappa shape index (κ2) is 6.56. The summed E-state index contributed by atoms with van der Waals surface area (Å²) in [6, 6.07) is 7.04. The van der Waals surface area contributed by atoms with E-state index in [1.54, 1.807) is 18.5 Å². The quantitative estimate of drug-likeness (QED) is 0.925. The molecule has 2 aromatic rings. The molecule has 0 aromatic carbocycles. The topological polar surface area (TPSA) is 66.3 Å². The van der Waals surface area contributed by atoms with Crippen molar-refractivity contribution in [3.63, 3.8) is 0 Å². The third kappa shape index (κ3) is 2.93. The molecule has 0 bridgehead atoms. The fourth-order valence-electron chi connectivity index (χ4n) is 2.98. The minimum atomic E-state index is -0.207. The summed E-state index contributed by atoms with van der Waals surface area (Å²) in [4.78, 5) is 22.8. The lowest BCUT2D eigenvalue weighted by Crippen LogP contribution is -2.35. The summed E-state index contributed by atoms with van der Waals surface area (Å²) in [5, 5.41) is 9.92. The Bertz CT molecular complexity index is 645. The molecule has 1 saturated heterocycles. The number of hydrogen-bond donors (Lipinski definition) is 1. The van der Waals surface area contributed by atoms with Crippen LogP contribution in [0.15, 0.2) is 42.9 Å². The van der Waals surface area contributed by atoms with E-state index in [4.69, 9.17) is 0 Å². The van der Waals surface area contributed by atoms with E-state index in [2.05, 4.69) is 9.97 Å². The van der Waals surface area contributed by atoms with Crippen LogP contribution >= 0.6 is 0 Å². The molecule has 0 aliphatic carbocycles. The van der Waals surface area contributed by atoms with Crippen LogP contribution < -0.4 is 0 Å². The fraction of sp³-hybridized carbons (Fsp3) is 0.353. The van der Waals surface area contributed by atoms with Crippen LogP contribution in [-0.4, -0.2) is 32.4 Å². The highest BCUT2D eigenvalue weighted by Crippen LogP contribution is 2.31. The van der Waals surface area contributed by atoms with Gasteiger partial charge in [0.05, 0.1) is 6.04 Å². The average molecular weight is 297 g/mol. The van der Waals surface area contributed by atoms with Crippen LogP contribution in [-0.2, 0) is 0 Å². The van der Waals surface area contributed by atoms with Crippen LogP contribution in [0.4, 0.5) is 0 Å². The molecule has 1 amide bonds. The van der Waals surface area contributed by atoms with Crippen LogP contribution in [0, 0.1) is 0 Å². The van der Waals surface area contributed by atoms with Crippen LogP contribution in [0.25, 0.3) is 0 Å². The standard InChI is InChI=1S/C17H19N3O2/c21-15-6-4-9-19-16(15)17(22)20-12-3-1-2-5-14(20)13-7-10-18-11-8-13/h4,6-11,14,21H,1-3,5,12H2/t14-/m0/s1. The third-order valence-electron chi connectivity index (χ3n) is 4.09. The maximum atomic E-state index is 12.8. The SMILES string of the molecule is O=C(c1ncccc1O)N1CCCCC[C@H]1c1ccncc1. The average Bonchev–Trinajstić information content (AvgIpc) is 2.81. The maximum Gasteiger partial charge on any atom is 0.276 e. The van der Waals surface area contributed by atoms with Gasteiger partial charge in [0, 0.05) is 25.1 Å². The molecule has 0 radical (unpaired) electrons. The van der Waals surface area contributed by atoms with Crippen molar-refractivity contribution in [2.45, 2.75) is 31.7 Å². The lowest BCUT2D eigenvalue weighted by atomic mass is 10.0. The van der Waals surface area contributed by atoms with Crippen molar-refractivity contribution in [1.29, 1.82) is 0 Å². The second-order valence-electron chi connectivity index (χ2n) is 5.52. The first-order valence-corrected chi connectivity index (χ1v) is 7.62. The van der Waals surface area contributed by atoms with Crippen molar-refractivity contribution in [3.05, 3.63) is 54.1 Å². The Hall–Kier alpha value is -2.43. The number of carbonyl (C=O) groups is 1. The zero-order chi connectivity index (χ0) is 15.4. The Balaban J connectivity index is 1.94. The number of hydrogen-bond acceptors (Lipinski definition) is 4. The van der Waals surface area contributed by atoms with Crippen molar-refractivity contribution in [2.24, 2.45) is 0 Å². The van der Waals surface area contributed by atoms with Gasteiger partial charge in [-0.05, 0) is 42.7 Å². The number of likely N-dealkylation sites (tertiary alicyclic amines) is 1. The lowest BCUT2D eigenvalue weighted by Gasteiger charge is -2.30. The largest absolute Gasteiger partial charge is 0.505 e. The molecule has 0 unspecified atom stereocenters. The summed E-state index contributed by atoms with van der Waals surface area (Å²) >= 11 is 0. The van der Waals surface area contributed by atoms with E-state index >= 15 is 0 Å². The Morgan fingerprint density at radius 2 is 1.95 bits per heavy atom. The van der Waals surface area contributed by atoms with Crippen LogP contribution in [0.2, 0.25) is 0 Å². The Morgan fingerprint density at radius 3 is 2.73 bits per heavy atom. The summed E-state index contributed by atoms with van der Waals surface area (Å²) in [6.45, 7) is 0.682. The Kier molecular flexibility index (Phi) is 4.32. The molecule has 0 saturated carbocycles. The molecule has 0 spiro atoms. The van der Waals surface area contributed by atoms with Gasteiger partial charge in [-0.25, -0.2) is 4.98 Å². The van der Waals surface area contributed by atoms with Crippen molar-refractivity contribution < 1.29 is 9.90 Å². The second-order valence-corrected chi connectivity index (χ2v) is 5.52. The number of amides is 1. The van der Waals surface area contributed by atoms with Crippen molar-refractivity contribution in [3.8, 4) is 5.75 Å². The number of rotatable bonds is 2. The van der Waals surface area contributed by atoms with E-state index < -0.39 is 0 Å². The van der Waals surface area contributed by atoms with Crippen LogP contribution in [0.3, 0.4) is 0 Å². The molecule has 114 valence electrons. The van der Waals surface area contributed by atoms with Crippen molar-refractivity contribution in [1.82, 2.24) is 14.9 Å². The van der Waals surface area contributed by atoms with Gasteiger partial charge >= 0.3 is 0 Å². The van der Waals surface area contributed by atoms with Gasteiger partial charge < -0.3 is 10.0 Å². The van der Waals surface area contributed by atoms with Gasteiger partial charge in [-0.15, -0.1) is 0 Å². The van der Waals surface area contributed by atoms with Gasteiger partial charge in [-0.1, -0.05) is 12.8 Å². The van der Waals surface area contributed by atoms with E-state index in [0.717, 1.165) is 31.2 Å². The molecule has 22 heavy (non-hydrogen) atoms. The van der Waals surface area contributed by atoms with Gasteiger partial charge in [-0.2, -0.15) is 0 Å². The molecular formula is C17H19N3O2. The Labute approximate surface area is 129 Å². The molecule has 1 atom stereocenters. The monoisotopic (exact) mass is 297 g/mol. The molecule has 1 aliphatic heterocycles. The normalized spacial score (nSPS) is 18.7. The molecule has 2 aromatic heterocycles. The summed E-state index contributed by atoms with van der Waals surface area (Å²) < 4.78 is 0. The molecule has 3 heterocycles. The van der Waals surface area contributed by atoms with Crippen molar-refractivity contribution in [2.75, 3.05) is 6.54 Å². The molecule has 5 nitrogen and oxygen atoms in total. The number of aromatic nitrogens is 2. The minimum absolute atomic E-state index is 0.0133. The van der Waals surface area contributed by atoms with Gasteiger partial charge in [0.25, 0.3) is 5.91 Å². The predicted octanol–water partition coefficient (Wildman–Crippen LogP) is 2.94. The zero-order valence-corrected chi connectivity index (χ0v) is 12.4. The third-order valence-corrected chi connectivity index (χ3v) is 4.09. The maximum absolute atomic E-state index is 12.8. The molecule has 5 heteroatoms. The molecule has 3 rings (SSSR count). The zero-order valence-electron chi connectivity index (χ0n) is 12.4. The first kappa shape index (κ1) is 14.5. The summed E-state index contributed by atoms with van der Waals surface area (Å²) in [5.74, 6) is -0.271. The van der Waals surface area contributed by atoms with Gasteiger partial charge in [0.2, 0.25) is 0 Å². The molecular weight excluding hydrogens is 278 g/mol. The van der Waals surface area contributed by atoms with Crippen molar-refractivity contribution >= 4 is 5.91 Å². The van der Waals surface area contributed by atoms with Gasteiger partial charge in [-0.3, -0.25) is 9.78 Å². The lowest BCUT2D eigenvalue weighted by molar-refractivity contribution is 0.0671. The van der Waals surface area contributed by atoms with Gasteiger partial charge in [0.1, 0.15) is 5.75 Å². The minimum Gasteiger partial charge on any atom is -0.505 e. The predicted molar refractivity (Wildman–Crippen MR) is 82.4 cm³/mol. The van der Waals surface area contributed by atoms with Crippen LogP contribution in [0.5, 0.6) is 5.75 Å². The van der Waals surface area contributed by atoms with E-state index in [1.165, 1.54) is 12.3 Å². The number of nitrogens with zero attached hydrogens (tertiary/aromatic N) is 3. The molecule has 1 fully saturated rings. The van der Waals surface area contributed by atoms with Crippen LogP contribution in [0.1, 0.15) is 47.8 Å². The highest BCUT2D eigenvalue weighted by molar-refractivity contribution is 5.95. The van der Waals surface area contributed by atoms with E-state index in [1.807, 2.05) is 17.0 Å². The molecule has 1 aliphatic rings. The number of aromatic hydroxyl groups is 1. The summed E-state index contributed by atoms with van der Waals surface area (Å²) in [5.41, 5.74) is 1.21. The first-order valence-electron chi connectivity index (χ1n) is 7.62. The van der Waals surface area contributed by atoms with E-state index in [-0.39, 0.29) is 23.4 Å². The summed E-state index contributed by atoms with van der Waals surface area (Å²) in [6.07, 6.45) is 9.13. The highest BCUT2D eigenvalue weighted by atomic mass is 16.3. The Morgan fingerprint density at radius 1 is 1.14 bits per heavy atom. The molecule has 1 N–H and O–H groups in total. The summed E-state index contributed by atoms with van der Waals surface area (Å²) in [7, 11) is 0. The van der Waals surface area contributed by atoms with Gasteiger partial charge in [0.15, 0.2) is 5.69 Å². The number of carbonyl (C=O) groups excluding carboxylic acids is 1. The highest BCUT2D eigenvalue weighted by Gasteiger charge is 2.29. The van der Waals surface area contributed by atoms with E-state index in [9.17, 15) is 9.90 Å². The van der Waals surface area contributed by atoms with E-state index in [0.29, 0.717) is 6.54 Å². The number of pyridine rings is 2. The fourth-order valence-corrected chi connectivity index (χ4v) is 2.98.